The molecular weight excluding hydrogens is 390 g/mol. The zero-order valence-corrected chi connectivity index (χ0v) is 17.6. The van der Waals surface area contributed by atoms with Crippen LogP contribution in [-0.2, 0) is 16.2 Å². The Kier molecular flexibility index (Phi) is 7.54. The molecule has 2 amide bonds. The Morgan fingerprint density at radius 3 is 2.35 bits per heavy atom. The van der Waals surface area contributed by atoms with E-state index >= 15 is 0 Å². The van der Waals surface area contributed by atoms with Gasteiger partial charge in [-0.3, -0.25) is 9.59 Å². The normalized spacial score (nSPS) is 10.6. The van der Waals surface area contributed by atoms with Gasteiger partial charge in [0, 0.05) is 5.69 Å². The molecule has 0 aliphatic heterocycles. The molecule has 6 heteroatoms. The number of benzene rings is 3. The van der Waals surface area contributed by atoms with E-state index < -0.39 is 11.8 Å². The highest BCUT2D eigenvalue weighted by atomic mass is 16.5. The third kappa shape index (κ3) is 7.12. The van der Waals surface area contributed by atoms with Crippen molar-refractivity contribution in [2.75, 3.05) is 5.32 Å². The van der Waals surface area contributed by atoms with Crippen molar-refractivity contribution >= 4 is 23.7 Å². The maximum absolute atomic E-state index is 12.0. The quantitative estimate of drug-likeness (QED) is 0.326. The molecule has 158 valence electrons. The van der Waals surface area contributed by atoms with Gasteiger partial charge in [-0.05, 0) is 72.5 Å². The van der Waals surface area contributed by atoms with Gasteiger partial charge in [0.15, 0.2) is 0 Å². The average molecular weight is 415 g/mol. The summed E-state index contributed by atoms with van der Waals surface area (Å²) in [4.78, 5) is 23.9. The fourth-order valence-electron chi connectivity index (χ4n) is 2.78. The molecule has 6 nitrogen and oxygen atoms in total. The van der Waals surface area contributed by atoms with Crippen molar-refractivity contribution in [3.8, 4) is 5.75 Å². The molecule has 0 unspecified atom stereocenters. The van der Waals surface area contributed by atoms with Crippen LogP contribution in [0.2, 0.25) is 0 Å². The van der Waals surface area contributed by atoms with E-state index in [1.807, 2.05) is 86.6 Å². The van der Waals surface area contributed by atoms with Gasteiger partial charge in [-0.15, -0.1) is 0 Å². The number of hydrogen-bond donors (Lipinski definition) is 2. The number of hydrazone groups is 1. The van der Waals surface area contributed by atoms with E-state index in [-0.39, 0.29) is 6.42 Å². The van der Waals surface area contributed by atoms with Gasteiger partial charge in [0.05, 0.1) is 6.21 Å². The number of anilines is 1. The Balaban J connectivity index is 1.42. The van der Waals surface area contributed by atoms with Gasteiger partial charge in [-0.25, -0.2) is 5.43 Å². The van der Waals surface area contributed by atoms with E-state index in [0.29, 0.717) is 12.3 Å². The number of carbonyl (C=O) groups excluding carboxylic acids is 2. The summed E-state index contributed by atoms with van der Waals surface area (Å²) in [6, 6.07) is 22.9. The van der Waals surface area contributed by atoms with Crippen LogP contribution in [0.3, 0.4) is 0 Å². The van der Waals surface area contributed by atoms with Crippen LogP contribution in [0, 0.1) is 13.8 Å². The van der Waals surface area contributed by atoms with Crippen molar-refractivity contribution in [3.63, 3.8) is 0 Å². The number of ether oxygens (including phenoxy) is 1. The van der Waals surface area contributed by atoms with Crippen LogP contribution in [0.1, 0.15) is 28.7 Å². The highest BCUT2D eigenvalue weighted by Gasteiger charge is 2.09. The molecule has 0 spiro atoms. The summed E-state index contributed by atoms with van der Waals surface area (Å²) < 4.78 is 5.74. The van der Waals surface area contributed by atoms with E-state index in [2.05, 4.69) is 15.8 Å². The van der Waals surface area contributed by atoms with Crippen molar-refractivity contribution in [1.29, 1.82) is 0 Å². The summed E-state index contributed by atoms with van der Waals surface area (Å²) in [5.74, 6) is -0.135. The van der Waals surface area contributed by atoms with Crippen molar-refractivity contribution in [2.45, 2.75) is 26.9 Å². The van der Waals surface area contributed by atoms with Crippen LogP contribution in [-0.4, -0.2) is 18.0 Å². The number of rotatable bonds is 8. The van der Waals surface area contributed by atoms with E-state index in [1.165, 1.54) is 6.21 Å². The summed E-state index contributed by atoms with van der Waals surface area (Å²) in [7, 11) is 0. The Labute approximate surface area is 182 Å². The lowest BCUT2D eigenvalue weighted by Gasteiger charge is -2.07. The highest BCUT2D eigenvalue weighted by Crippen LogP contribution is 2.15. The van der Waals surface area contributed by atoms with Gasteiger partial charge in [0.25, 0.3) is 0 Å². The Morgan fingerprint density at radius 2 is 1.65 bits per heavy atom. The maximum Gasteiger partial charge on any atom is 0.249 e. The lowest BCUT2D eigenvalue weighted by molar-refractivity contribution is -0.126. The number of carbonyl (C=O) groups is 2. The lowest BCUT2D eigenvalue weighted by Crippen LogP contribution is -2.24. The molecule has 0 fully saturated rings. The topological polar surface area (TPSA) is 79.8 Å². The van der Waals surface area contributed by atoms with Gasteiger partial charge < -0.3 is 10.1 Å². The molecule has 0 radical (unpaired) electrons. The van der Waals surface area contributed by atoms with Crippen LogP contribution in [0.5, 0.6) is 5.75 Å². The second kappa shape index (κ2) is 10.7. The number of nitrogens with one attached hydrogen (secondary N) is 2. The van der Waals surface area contributed by atoms with E-state index in [1.54, 1.807) is 0 Å². The van der Waals surface area contributed by atoms with Gasteiger partial charge in [-0.2, -0.15) is 5.10 Å². The molecule has 0 aliphatic carbocycles. The van der Waals surface area contributed by atoms with Crippen molar-refractivity contribution in [3.05, 3.63) is 95.1 Å². The Bertz CT molecular complexity index is 1060. The molecule has 3 aromatic rings. The minimum absolute atomic E-state index is 0.309. The van der Waals surface area contributed by atoms with E-state index in [4.69, 9.17) is 4.74 Å². The van der Waals surface area contributed by atoms with Crippen LogP contribution in [0.4, 0.5) is 5.69 Å². The molecule has 0 heterocycles. The molecule has 2 N–H and O–H groups in total. The predicted molar refractivity (Wildman–Crippen MR) is 122 cm³/mol. The van der Waals surface area contributed by atoms with Crippen molar-refractivity contribution < 1.29 is 14.3 Å². The SMILES string of the molecule is Cc1ccc(NC(=O)CC(=O)NN=Cc2ccc(OCc3ccccc3)cc2)cc1C. The van der Waals surface area contributed by atoms with Crippen LogP contribution in [0.15, 0.2) is 77.9 Å². The van der Waals surface area contributed by atoms with Gasteiger partial charge >= 0.3 is 0 Å². The van der Waals surface area contributed by atoms with Crippen LogP contribution in [0.25, 0.3) is 0 Å². The molecule has 0 atom stereocenters. The summed E-state index contributed by atoms with van der Waals surface area (Å²) >= 11 is 0. The standard InChI is InChI=1S/C25H25N3O3/c1-18-8-11-22(14-19(18)2)27-24(29)15-25(30)28-26-16-20-9-12-23(13-10-20)31-17-21-6-4-3-5-7-21/h3-14,16H,15,17H2,1-2H3,(H,27,29)(H,28,30). The molecule has 0 saturated heterocycles. The van der Waals surface area contributed by atoms with Crippen molar-refractivity contribution in [1.82, 2.24) is 5.43 Å². The molecule has 0 bridgehead atoms. The first kappa shape index (κ1) is 21.8. The first-order chi connectivity index (χ1) is 15.0. The molecule has 0 aliphatic rings. The summed E-state index contributed by atoms with van der Waals surface area (Å²) in [5.41, 5.74) is 7.14. The fraction of sp³-hybridized carbons (Fsp3) is 0.160. The van der Waals surface area contributed by atoms with E-state index in [9.17, 15) is 9.59 Å². The molecule has 0 aromatic heterocycles. The Hall–Kier alpha value is -3.93. The first-order valence-electron chi connectivity index (χ1n) is 9.95. The first-order valence-corrected chi connectivity index (χ1v) is 9.95. The summed E-state index contributed by atoms with van der Waals surface area (Å²) in [5, 5.41) is 6.62. The maximum atomic E-state index is 12.0. The smallest absolute Gasteiger partial charge is 0.249 e. The molecule has 0 saturated carbocycles. The predicted octanol–water partition coefficient (Wildman–Crippen LogP) is 4.36. The minimum atomic E-state index is -0.486. The second-order valence-corrected chi connectivity index (χ2v) is 7.16. The minimum Gasteiger partial charge on any atom is -0.489 e. The number of hydrogen-bond acceptors (Lipinski definition) is 4. The lowest BCUT2D eigenvalue weighted by atomic mass is 10.1. The number of nitrogens with zero attached hydrogens (tertiary/aromatic N) is 1. The molecular formula is C25H25N3O3. The third-order valence-electron chi connectivity index (χ3n) is 4.64. The van der Waals surface area contributed by atoms with Gasteiger partial charge in [0.1, 0.15) is 18.8 Å². The van der Waals surface area contributed by atoms with Gasteiger partial charge in [0.2, 0.25) is 11.8 Å². The molecule has 3 rings (SSSR count). The zero-order chi connectivity index (χ0) is 22.1. The van der Waals surface area contributed by atoms with Gasteiger partial charge in [-0.1, -0.05) is 36.4 Å². The summed E-state index contributed by atoms with van der Waals surface area (Å²) in [6.07, 6.45) is 1.21. The van der Waals surface area contributed by atoms with Crippen LogP contribution < -0.4 is 15.5 Å². The molecule has 31 heavy (non-hydrogen) atoms. The largest absolute Gasteiger partial charge is 0.489 e. The highest BCUT2D eigenvalue weighted by molar-refractivity contribution is 6.03. The zero-order valence-electron chi connectivity index (χ0n) is 17.6. The number of amides is 2. The third-order valence-corrected chi connectivity index (χ3v) is 4.64. The van der Waals surface area contributed by atoms with Crippen molar-refractivity contribution in [2.24, 2.45) is 5.10 Å². The number of aryl methyl sites for hydroxylation is 2. The van der Waals surface area contributed by atoms with Crippen LogP contribution >= 0.6 is 0 Å². The Morgan fingerprint density at radius 1 is 0.903 bits per heavy atom. The second-order valence-electron chi connectivity index (χ2n) is 7.16. The fourth-order valence-corrected chi connectivity index (χ4v) is 2.78. The van der Waals surface area contributed by atoms with E-state index in [0.717, 1.165) is 28.0 Å². The average Bonchev–Trinajstić information content (AvgIpc) is 2.76. The molecule has 3 aromatic carbocycles. The summed E-state index contributed by atoms with van der Waals surface area (Å²) in [6.45, 7) is 4.46. The monoisotopic (exact) mass is 415 g/mol.